The fourth-order valence-corrected chi connectivity index (χ4v) is 4.58. The molecule has 0 fully saturated rings. The summed E-state index contributed by atoms with van der Waals surface area (Å²) in [6.45, 7) is 0.234. The van der Waals surface area contributed by atoms with E-state index in [2.05, 4.69) is 5.32 Å². The molecule has 1 amide bonds. The second-order valence-electron chi connectivity index (χ2n) is 9.21. The monoisotopic (exact) mass is 558 g/mol. The molecule has 1 aromatic heterocycles. The van der Waals surface area contributed by atoms with Crippen molar-refractivity contribution in [2.45, 2.75) is 38.0 Å². The molecule has 0 bridgehead atoms. The maximum absolute atomic E-state index is 13.6. The van der Waals surface area contributed by atoms with E-state index in [1.54, 1.807) is 10.6 Å². The van der Waals surface area contributed by atoms with Crippen LogP contribution >= 0.6 is 0 Å². The minimum atomic E-state index is -3.41. The summed E-state index contributed by atoms with van der Waals surface area (Å²) in [5.74, 6) is -2.38. The average molecular weight is 559 g/mol. The number of hydrogen-bond donors (Lipinski definition) is 4. The van der Waals surface area contributed by atoms with Gasteiger partial charge in [-0.2, -0.15) is 0 Å². The van der Waals surface area contributed by atoms with E-state index in [1.165, 1.54) is 36.5 Å². The first kappa shape index (κ1) is 29.8. The van der Waals surface area contributed by atoms with Gasteiger partial charge in [0.15, 0.2) is 0 Å². The predicted molar refractivity (Wildman–Crippen MR) is 145 cm³/mol. The largest absolute Gasteiger partial charge is 0.481 e. The Balaban J connectivity index is 2.03. The summed E-state index contributed by atoms with van der Waals surface area (Å²) >= 11 is 0. The molecule has 0 unspecified atom stereocenters. The Bertz CT molecular complexity index is 1420. The fraction of sp³-hybridized carbons (Fsp3) is 0.286. The van der Waals surface area contributed by atoms with Gasteiger partial charge in [-0.05, 0) is 47.5 Å². The molecule has 0 saturated heterocycles. The molecule has 208 valence electrons. The Morgan fingerprint density at radius 1 is 1.08 bits per heavy atom. The number of aromatic nitrogens is 1. The van der Waals surface area contributed by atoms with Gasteiger partial charge in [-0.3, -0.25) is 9.59 Å². The van der Waals surface area contributed by atoms with Gasteiger partial charge < -0.3 is 25.2 Å². The molecule has 0 spiro atoms. The SMILES string of the molecule is CS(=O)(=O)CCc1c(C(=O)NCc2ccccc2)cc(-c2ccc(F)cc2)n1/C=C/[C@@H](O)C[C@@H](O)CC(=O)O. The van der Waals surface area contributed by atoms with Crippen LogP contribution < -0.4 is 5.32 Å². The van der Waals surface area contributed by atoms with Crippen LogP contribution in [0.1, 0.15) is 34.5 Å². The zero-order valence-corrected chi connectivity index (χ0v) is 22.1. The molecule has 0 saturated carbocycles. The summed E-state index contributed by atoms with van der Waals surface area (Å²) in [5.41, 5.74) is 2.39. The Kier molecular flexibility index (Phi) is 10.2. The number of nitrogens with zero attached hydrogens (tertiary/aromatic N) is 1. The lowest BCUT2D eigenvalue weighted by Gasteiger charge is -2.14. The van der Waals surface area contributed by atoms with E-state index in [-0.39, 0.29) is 30.7 Å². The Morgan fingerprint density at radius 2 is 1.74 bits per heavy atom. The van der Waals surface area contributed by atoms with E-state index in [1.807, 2.05) is 30.3 Å². The molecule has 2 atom stereocenters. The first-order valence-corrected chi connectivity index (χ1v) is 14.2. The minimum Gasteiger partial charge on any atom is -0.481 e. The zero-order valence-electron chi connectivity index (χ0n) is 21.3. The summed E-state index contributed by atoms with van der Waals surface area (Å²) in [4.78, 5) is 24.1. The van der Waals surface area contributed by atoms with Crippen molar-refractivity contribution >= 4 is 27.9 Å². The third kappa shape index (κ3) is 9.17. The minimum absolute atomic E-state index is 0.0316. The van der Waals surface area contributed by atoms with Crippen LogP contribution in [0.3, 0.4) is 0 Å². The Morgan fingerprint density at radius 3 is 2.36 bits per heavy atom. The molecule has 2 aromatic carbocycles. The average Bonchev–Trinajstić information content (AvgIpc) is 3.23. The topological polar surface area (TPSA) is 146 Å². The number of benzene rings is 2. The van der Waals surface area contributed by atoms with Crippen molar-refractivity contribution in [2.24, 2.45) is 0 Å². The molecule has 3 aromatic rings. The summed E-state index contributed by atoms with van der Waals surface area (Å²) < 4.78 is 39.2. The highest BCUT2D eigenvalue weighted by atomic mass is 32.2. The molecule has 0 radical (unpaired) electrons. The van der Waals surface area contributed by atoms with E-state index >= 15 is 0 Å². The van der Waals surface area contributed by atoms with Gasteiger partial charge in [0.05, 0.1) is 35.6 Å². The van der Waals surface area contributed by atoms with E-state index in [0.29, 0.717) is 17.0 Å². The maximum atomic E-state index is 13.6. The van der Waals surface area contributed by atoms with Crippen LogP contribution in [0.5, 0.6) is 0 Å². The van der Waals surface area contributed by atoms with Gasteiger partial charge in [-0.1, -0.05) is 30.3 Å². The van der Waals surface area contributed by atoms with Crippen LogP contribution in [-0.2, 0) is 27.6 Å². The third-order valence-electron chi connectivity index (χ3n) is 5.91. The lowest BCUT2D eigenvalue weighted by molar-refractivity contribution is -0.139. The number of sulfone groups is 1. The fourth-order valence-electron chi connectivity index (χ4n) is 4.01. The van der Waals surface area contributed by atoms with Gasteiger partial charge in [-0.15, -0.1) is 0 Å². The number of amides is 1. The van der Waals surface area contributed by atoms with E-state index in [4.69, 9.17) is 5.11 Å². The smallest absolute Gasteiger partial charge is 0.305 e. The molecule has 0 aliphatic rings. The van der Waals surface area contributed by atoms with Crippen LogP contribution in [0.25, 0.3) is 17.5 Å². The quantitative estimate of drug-likeness (QED) is 0.252. The molecular formula is C28H31FN2O7S. The van der Waals surface area contributed by atoms with E-state index < -0.39 is 46.2 Å². The van der Waals surface area contributed by atoms with Crippen molar-refractivity contribution in [1.29, 1.82) is 0 Å². The highest BCUT2D eigenvalue weighted by Crippen LogP contribution is 2.28. The molecule has 1 heterocycles. The molecule has 11 heteroatoms. The summed E-state index contributed by atoms with van der Waals surface area (Å²) in [5, 5.41) is 31.9. The summed E-state index contributed by atoms with van der Waals surface area (Å²) in [6.07, 6.45) is 0.486. The maximum Gasteiger partial charge on any atom is 0.305 e. The van der Waals surface area contributed by atoms with Crippen LogP contribution in [0.15, 0.2) is 66.7 Å². The van der Waals surface area contributed by atoms with Crippen LogP contribution in [0.2, 0.25) is 0 Å². The summed E-state index contributed by atoms with van der Waals surface area (Å²) in [6, 6.07) is 16.3. The predicted octanol–water partition coefficient (Wildman–Crippen LogP) is 2.87. The molecular weight excluding hydrogens is 527 g/mol. The number of nitrogens with one attached hydrogen (secondary N) is 1. The van der Waals surface area contributed by atoms with Gasteiger partial charge in [0.1, 0.15) is 15.7 Å². The molecule has 0 aliphatic carbocycles. The van der Waals surface area contributed by atoms with E-state index in [9.17, 15) is 32.6 Å². The van der Waals surface area contributed by atoms with Gasteiger partial charge in [0.25, 0.3) is 5.91 Å². The molecule has 39 heavy (non-hydrogen) atoms. The standard InChI is InChI=1S/C28H31FN2O7S/c1-39(37,38)14-12-25-24(28(36)30-18-19-5-3-2-4-6-19)17-26(20-7-9-21(29)10-8-20)31(25)13-11-22(32)15-23(33)16-27(34)35/h2-11,13,17,22-23,32-33H,12,14-16,18H2,1H3,(H,30,36)(H,34,35)/b13-11+/t22-,23-/m1/s1. The first-order chi connectivity index (χ1) is 18.4. The van der Waals surface area contributed by atoms with Crippen molar-refractivity contribution in [3.63, 3.8) is 0 Å². The number of aliphatic hydroxyl groups excluding tert-OH is 2. The highest BCUT2D eigenvalue weighted by Gasteiger charge is 2.22. The van der Waals surface area contributed by atoms with Crippen molar-refractivity contribution < 1.29 is 37.7 Å². The summed E-state index contributed by atoms with van der Waals surface area (Å²) in [7, 11) is -3.41. The van der Waals surface area contributed by atoms with Crippen molar-refractivity contribution in [1.82, 2.24) is 9.88 Å². The number of carboxylic acids is 1. The lowest BCUT2D eigenvalue weighted by Crippen LogP contribution is -2.24. The number of carbonyl (C=O) groups excluding carboxylic acids is 1. The normalized spacial score (nSPS) is 13.3. The highest BCUT2D eigenvalue weighted by molar-refractivity contribution is 7.90. The molecule has 9 nitrogen and oxygen atoms in total. The second kappa shape index (κ2) is 13.3. The number of aliphatic hydroxyl groups is 2. The first-order valence-electron chi connectivity index (χ1n) is 12.2. The van der Waals surface area contributed by atoms with Gasteiger partial charge in [-0.25, -0.2) is 12.8 Å². The number of aliphatic carboxylic acids is 1. The number of carbonyl (C=O) groups is 2. The number of hydrogen-bond acceptors (Lipinski definition) is 6. The number of halogens is 1. The Labute approximate surface area is 226 Å². The van der Waals surface area contributed by atoms with Crippen molar-refractivity contribution in [3.05, 3.63) is 89.4 Å². The Hall–Kier alpha value is -3.80. The van der Waals surface area contributed by atoms with Gasteiger partial charge in [0.2, 0.25) is 0 Å². The van der Waals surface area contributed by atoms with Gasteiger partial charge >= 0.3 is 5.97 Å². The lowest BCUT2D eigenvalue weighted by atomic mass is 10.1. The van der Waals surface area contributed by atoms with Crippen molar-refractivity contribution in [3.8, 4) is 11.3 Å². The van der Waals surface area contributed by atoms with Crippen LogP contribution in [0, 0.1) is 5.82 Å². The van der Waals surface area contributed by atoms with Gasteiger partial charge in [0, 0.05) is 37.5 Å². The van der Waals surface area contributed by atoms with Crippen molar-refractivity contribution in [2.75, 3.05) is 12.0 Å². The zero-order chi connectivity index (χ0) is 28.6. The third-order valence-corrected chi connectivity index (χ3v) is 6.86. The molecule has 0 aliphatic heterocycles. The second-order valence-corrected chi connectivity index (χ2v) is 11.5. The number of rotatable bonds is 13. The molecule has 3 rings (SSSR count). The van der Waals surface area contributed by atoms with E-state index in [0.717, 1.165) is 11.8 Å². The van der Waals surface area contributed by atoms with Crippen LogP contribution in [-0.4, -0.2) is 64.4 Å². The van der Waals surface area contributed by atoms with Crippen LogP contribution in [0.4, 0.5) is 4.39 Å². The molecule has 4 N–H and O–H groups in total. The number of carboxylic acid groups (broad SMARTS) is 1.